The van der Waals surface area contributed by atoms with Gasteiger partial charge in [-0.25, -0.2) is 0 Å². The number of hydrogen-bond acceptors (Lipinski definition) is 2. The highest BCUT2D eigenvalue weighted by Crippen LogP contribution is 2.11. The molecule has 0 aliphatic heterocycles. The third-order valence-electron chi connectivity index (χ3n) is 2.70. The van der Waals surface area contributed by atoms with Crippen LogP contribution in [0.5, 0.6) is 0 Å². The monoisotopic (exact) mass is 251 g/mol. The number of amides is 1. The standard InChI is InChI=1S/C14H18FNO2/c1-10(2)14(18)13-6-4-12(5-7-13)8-9-16(15)11(3)17/h4-7,10H,8-9H2,1-3H3. The Morgan fingerprint density at radius 2 is 1.78 bits per heavy atom. The van der Waals surface area contributed by atoms with Gasteiger partial charge in [-0.15, -0.1) is 0 Å². The molecule has 0 heterocycles. The van der Waals surface area contributed by atoms with Gasteiger partial charge < -0.3 is 0 Å². The van der Waals surface area contributed by atoms with Crippen LogP contribution in [-0.2, 0) is 11.2 Å². The predicted molar refractivity (Wildman–Crippen MR) is 67.8 cm³/mol. The summed E-state index contributed by atoms with van der Waals surface area (Å²) in [6.45, 7) is 4.92. The molecular formula is C14H18FNO2. The van der Waals surface area contributed by atoms with Gasteiger partial charge in [0.2, 0.25) is 5.91 Å². The van der Waals surface area contributed by atoms with Crippen molar-refractivity contribution in [1.29, 1.82) is 0 Å². The second-order valence-corrected chi connectivity index (χ2v) is 4.57. The molecule has 4 heteroatoms. The van der Waals surface area contributed by atoms with Crippen LogP contribution < -0.4 is 0 Å². The van der Waals surface area contributed by atoms with E-state index in [4.69, 9.17) is 0 Å². The van der Waals surface area contributed by atoms with Gasteiger partial charge in [0.05, 0.1) is 6.54 Å². The molecule has 1 rings (SSSR count). The number of nitrogens with zero attached hydrogens (tertiary/aromatic N) is 1. The Bertz CT molecular complexity index is 426. The maximum Gasteiger partial charge on any atom is 0.247 e. The number of hydrogen-bond donors (Lipinski definition) is 0. The molecule has 0 fully saturated rings. The number of carbonyl (C=O) groups excluding carboxylic acids is 2. The van der Waals surface area contributed by atoms with E-state index in [0.717, 1.165) is 5.56 Å². The fraction of sp³-hybridized carbons (Fsp3) is 0.429. The summed E-state index contributed by atoms with van der Waals surface area (Å²) in [5, 5.41) is 0.188. The first-order valence-corrected chi connectivity index (χ1v) is 5.99. The maximum absolute atomic E-state index is 13.0. The van der Waals surface area contributed by atoms with Gasteiger partial charge in [-0.1, -0.05) is 42.6 Å². The van der Waals surface area contributed by atoms with Crippen LogP contribution in [0.2, 0.25) is 0 Å². The van der Waals surface area contributed by atoms with Gasteiger partial charge in [0.1, 0.15) is 0 Å². The molecule has 1 aromatic rings. The lowest BCUT2D eigenvalue weighted by Gasteiger charge is -2.09. The number of rotatable bonds is 5. The number of ketones is 1. The molecular weight excluding hydrogens is 233 g/mol. The maximum atomic E-state index is 13.0. The molecule has 0 bridgehead atoms. The SMILES string of the molecule is CC(=O)N(F)CCc1ccc(C(=O)C(C)C)cc1. The van der Waals surface area contributed by atoms with Gasteiger partial charge >= 0.3 is 0 Å². The van der Waals surface area contributed by atoms with Crippen molar-refractivity contribution >= 4 is 11.7 Å². The van der Waals surface area contributed by atoms with E-state index < -0.39 is 5.91 Å². The summed E-state index contributed by atoms with van der Waals surface area (Å²) in [5.74, 6) is -0.533. The number of halogens is 1. The van der Waals surface area contributed by atoms with Crippen molar-refractivity contribution in [1.82, 2.24) is 5.12 Å². The Hall–Kier alpha value is -1.71. The molecule has 0 atom stereocenters. The lowest BCUT2D eigenvalue weighted by Crippen LogP contribution is -2.21. The largest absolute Gasteiger partial charge is 0.294 e. The zero-order chi connectivity index (χ0) is 13.7. The lowest BCUT2D eigenvalue weighted by atomic mass is 9.99. The van der Waals surface area contributed by atoms with Crippen LogP contribution in [0.3, 0.4) is 0 Å². The normalized spacial score (nSPS) is 10.5. The fourth-order valence-corrected chi connectivity index (χ4v) is 1.55. The highest BCUT2D eigenvalue weighted by atomic mass is 19.2. The van der Waals surface area contributed by atoms with Crippen LogP contribution in [-0.4, -0.2) is 23.4 Å². The molecule has 0 spiro atoms. The molecule has 0 aliphatic rings. The summed E-state index contributed by atoms with van der Waals surface area (Å²) in [7, 11) is 0. The van der Waals surface area contributed by atoms with Gasteiger partial charge in [-0.2, -0.15) is 5.12 Å². The third-order valence-corrected chi connectivity index (χ3v) is 2.70. The molecule has 3 nitrogen and oxygen atoms in total. The first kappa shape index (κ1) is 14.4. The van der Waals surface area contributed by atoms with Crippen LogP contribution in [0, 0.1) is 5.92 Å². The molecule has 0 aliphatic carbocycles. The van der Waals surface area contributed by atoms with Crippen LogP contribution >= 0.6 is 0 Å². The second kappa shape index (κ2) is 6.28. The average molecular weight is 251 g/mol. The minimum Gasteiger partial charge on any atom is -0.294 e. The highest BCUT2D eigenvalue weighted by molar-refractivity contribution is 5.97. The van der Waals surface area contributed by atoms with Crippen LogP contribution in [0.1, 0.15) is 36.7 Å². The molecule has 0 N–H and O–H groups in total. The number of Topliss-reactive ketones (excluding diaryl/α,β-unsaturated/α-hetero) is 1. The summed E-state index contributed by atoms with van der Waals surface area (Å²) in [6.07, 6.45) is 0.437. The Labute approximate surface area is 107 Å². The summed E-state index contributed by atoms with van der Waals surface area (Å²) in [6, 6.07) is 7.08. The van der Waals surface area contributed by atoms with E-state index in [1.165, 1.54) is 6.92 Å². The number of benzene rings is 1. The van der Waals surface area contributed by atoms with Gasteiger partial charge in [0.25, 0.3) is 0 Å². The zero-order valence-corrected chi connectivity index (χ0v) is 10.9. The zero-order valence-electron chi connectivity index (χ0n) is 10.9. The van der Waals surface area contributed by atoms with Crippen molar-refractivity contribution < 1.29 is 14.1 Å². The smallest absolute Gasteiger partial charge is 0.247 e. The van der Waals surface area contributed by atoms with E-state index >= 15 is 0 Å². The molecule has 0 radical (unpaired) electrons. The third kappa shape index (κ3) is 3.95. The minimum atomic E-state index is -0.596. The van der Waals surface area contributed by atoms with Crippen LogP contribution in [0.15, 0.2) is 24.3 Å². The van der Waals surface area contributed by atoms with E-state index in [-0.39, 0.29) is 23.4 Å². The first-order chi connectivity index (χ1) is 8.41. The van der Waals surface area contributed by atoms with Crippen molar-refractivity contribution in [3.05, 3.63) is 35.4 Å². The summed E-state index contributed by atoms with van der Waals surface area (Å²) < 4.78 is 13.0. The van der Waals surface area contributed by atoms with Crippen molar-refractivity contribution in [2.75, 3.05) is 6.54 Å². The van der Waals surface area contributed by atoms with Gasteiger partial charge in [0, 0.05) is 18.4 Å². The average Bonchev–Trinajstić information content (AvgIpc) is 2.35. The molecule has 0 saturated carbocycles. The minimum absolute atomic E-state index is 0.0325. The van der Waals surface area contributed by atoms with Crippen LogP contribution in [0.25, 0.3) is 0 Å². The molecule has 1 amide bonds. The molecule has 0 unspecified atom stereocenters. The van der Waals surface area contributed by atoms with Gasteiger partial charge in [-0.3, -0.25) is 9.59 Å². The van der Waals surface area contributed by atoms with E-state index in [1.807, 2.05) is 13.8 Å². The second-order valence-electron chi connectivity index (χ2n) is 4.57. The van der Waals surface area contributed by atoms with Crippen molar-refractivity contribution in [2.45, 2.75) is 27.2 Å². The van der Waals surface area contributed by atoms with Crippen molar-refractivity contribution in [2.24, 2.45) is 5.92 Å². The molecule has 1 aromatic carbocycles. The summed E-state index contributed by atoms with van der Waals surface area (Å²) >= 11 is 0. The van der Waals surface area contributed by atoms with Gasteiger partial charge in [0.15, 0.2) is 5.78 Å². The van der Waals surface area contributed by atoms with E-state index in [9.17, 15) is 14.1 Å². The fourth-order valence-electron chi connectivity index (χ4n) is 1.55. The van der Waals surface area contributed by atoms with Crippen molar-refractivity contribution in [3.8, 4) is 0 Å². The van der Waals surface area contributed by atoms with E-state index in [2.05, 4.69) is 0 Å². The van der Waals surface area contributed by atoms with E-state index in [1.54, 1.807) is 24.3 Å². The predicted octanol–water partition coefficient (Wildman–Crippen LogP) is 2.80. The first-order valence-electron chi connectivity index (χ1n) is 5.99. The highest BCUT2D eigenvalue weighted by Gasteiger charge is 2.10. The lowest BCUT2D eigenvalue weighted by molar-refractivity contribution is -0.143. The molecule has 0 saturated heterocycles. The topological polar surface area (TPSA) is 37.4 Å². The Balaban J connectivity index is 2.61. The van der Waals surface area contributed by atoms with Crippen molar-refractivity contribution in [3.63, 3.8) is 0 Å². The Morgan fingerprint density at radius 3 is 2.22 bits per heavy atom. The molecule has 18 heavy (non-hydrogen) atoms. The Morgan fingerprint density at radius 1 is 1.22 bits per heavy atom. The quantitative estimate of drug-likeness (QED) is 0.596. The molecule has 98 valence electrons. The molecule has 0 aromatic heterocycles. The summed E-state index contributed by atoms with van der Waals surface area (Å²) in [5.41, 5.74) is 1.57. The number of carbonyl (C=O) groups is 2. The van der Waals surface area contributed by atoms with Crippen LogP contribution in [0.4, 0.5) is 4.48 Å². The Kier molecular flexibility index (Phi) is 5.01. The van der Waals surface area contributed by atoms with E-state index in [0.29, 0.717) is 12.0 Å². The van der Waals surface area contributed by atoms with Gasteiger partial charge in [-0.05, 0) is 12.0 Å². The summed E-state index contributed by atoms with van der Waals surface area (Å²) in [4.78, 5) is 22.4.